The van der Waals surface area contributed by atoms with Crippen LogP contribution in [0.2, 0.25) is 0 Å². The molecule has 20 heavy (non-hydrogen) atoms. The highest BCUT2D eigenvalue weighted by Crippen LogP contribution is 2.29. The van der Waals surface area contributed by atoms with Gasteiger partial charge in [-0.15, -0.1) is 0 Å². The third-order valence-corrected chi connectivity index (χ3v) is 3.51. The first-order valence-corrected chi connectivity index (χ1v) is 6.97. The summed E-state index contributed by atoms with van der Waals surface area (Å²) >= 11 is 0. The average molecular weight is 280 g/mol. The number of rotatable bonds is 1. The Morgan fingerprint density at radius 2 is 2.20 bits per heavy atom. The molecule has 1 amide bonds. The van der Waals surface area contributed by atoms with Gasteiger partial charge in [0.1, 0.15) is 5.60 Å². The Morgan fingerprint density at radius 3 is 2.75 bits per heavy atom. The Labute approximate surface area is 119 Å². The lowest BCUT2D eigenvalue weighted by molar-refractivity contribution is 0.0132. The van der Waals surface area contributed by atoms with Crippen molar-refractivity contribution < 1.29 is 9.53 Å². The standard InChI is InChI=1S/C14H24N4O2/c1-13(2,3)20-12(19)18-9-5-7-14(15,10-18)11-6-8-16-17(11)4/h6,8H,5,7,9-10,15H2,1-4H3. The summed E-state index contributed by atoms with van der Waals surface area (Å²) in [6.45, 7) is 6.75. The molecule has 1 saturated heterocycles. The second kappa shape index (κ2) is 5.09. The van der Waals surface area contributed by atoms with Crippen molar-refractivity contribution in [3.63, 3.8) is 0 Å². The van der Waals surface area contributed by atoms with Crippen LogP contribution in [0.3, 0.4) is 0 Å². The molecule has 1 aliphatic heterocycles. The quantitative estimate of drug-likeness (QED) is 0.848. The molecule has 0 bridgehead atoms. The molecule has 2 rings (SSSR count). The van der Waals surface area contributed by atoms with E-state index in [4.69, 9.17) is 10.5 Å². The van der Waals surface area contributed by atoms with Crippen molar-refractivity contribution in [2.45, 2.75) is 44.8 Å². The highest BCUT2D eigenvalue weighted by atomic mass is 16.6. The van der Waals surface area contributed by atoms with Crippen LogP contribution in [0.15, 0.2) is 12.3 Å². The summed E-state index contributed by atoms with van der Waals surface area (Å²) in [5.41, 5.74) is 6.41. The van der Waals surface area contributed by atoms with Gasteiger partial charge in [-0.3, -0.25) is 4.68 Å². The molecule has 6 nitrogen and oxygen atoms in total. The topological polar surface area (TPSA) is 73.4 Å². The molecule has 1 unspecified atom stereocenters. The Morgan fingerprint density at radius 1 is 1.50 bits per heavy atom. The zero-order valence-electron chi connectivity index (χ0n) is 12.7. The Bertz CT molecular complexity index is 492. The van der Waals surface area contributed by atoms with Gasteiger partial charge in [0.2, 0.25) is 0 Å². The number of nitrogens with two attached hydrogens (primary N) is 1. The van der Waals surface area contributed by atoms with Crippen molar-refractivity contribution in [1.29, 1.82) is 0 Å². The summed E-state index contributed by atoms with van der Waals surface area (Å²) < 4.78 is 7.20. The van der Waals surface area contributed by atoms with E-state index < -0.39 is 11.1 Å². The lowest BCUT2D eigenvalue weighted by Gasteiger charge is -2.40. The maximum absolute atomic E-state index is 12.2. The highest BCUT2D eigenvalue weighted by molar-refractivity contribution is 5.68. The van der Waals surface area contributed by atoms with Gasteiger partial charge in [0.05, 0.1) is 11.2 Å². The normalized spacial score (nSPS) is 23.8. The maximum atomic E-state index is 12.2. The maximum Gasteiger partial charge on any atom is 0.410 e. The fourth-order valence-corrected chi connectivity index (χ4v) is 2.64. The third kappa shape index (κ3) is 3.12. The van der Waals surface area contributed by atoms with Crippen molar-refractivity contribution in [2.75, 3.05) is 13.1 Å². The lowest BCUT2D eigenvalue weighted by atomic mass is 9.87. The highest BCUT2D eigenvalue weighted by Gasteiger charge is 2.38. The minimum atomic E-state index is -0.555. The van der Waals surface area contributed by atoms with E-state index in [-0.39, 0.29) is 6.09 Å². The number of ether oxygens (including phenoxy) is 1. The number of carbonyl (C=O) groups is 1. The van der Waals surface area contributed by atoms with E-state index >= 15 is 0 Å². The number of likely N-dealkylation sites (tertiary alicyclic amines) is 1. The van der Waals surface area contributed by atoms with Gasteiger partial charge in [0.15, 0.2) is 0 Å². The van der Waals surface area contributed by atoms with E-state index in [0.717, 1.165) is 18.5 Å². The van der Waals surface area contributed by atoms with E-state index in [1.165, 1.54) is 0 Å². The fraction of sp³-hybridized carbons (Fsp3) is 0.714. The number of piperidine rings is 1. The molecule has 1 aromatic rings. The van der Waals surface area contributed by atoms with Crippen LogP contribution in [0.5, 0.6) is 0 Å². The molecular formula is C14H24N4O2. The number of hydrogen-bond acceptors (Lipinski definition) is 4. The summed E-state index contributed by atoms with van der Waals surface area (Å²) in [4.78, 5) is 13.9. The number of amides is 1. The molecule has 2 N–H and O–H groups in total. The molecule has 112 valence electrons. The number of hydrogen-bond donors (Lipinski definition) is 1. The number of aromatic nitrogens is 2. The monoisotopic (exact) mass is 280 g/mol. The zero-order chi connectivity index (χ0) is 15.0. The van der Waals surface area contributed by atoms with Crippen molar-refractivity contribution in [1.82, 2.24) is 14.7 Å². The van der Waals surface area contributed by atoms with E-state index in [2.05, 4.69) is 5.10 Å². The van der Waals surface area contributed by atoms with E-state index in [9.17, 15) is 4.79 Å². The molecule has 2 heterocycles. The molecule has 0 aliphatic carbocycles. The molecule has 1 atom stereocenters. The Balaban J connectivity index is 2.13. The summed E-state index contributed by atoms with van der Waals surface area (Å²) in [6.07, 6.45) is 3.14. The minimum Gasteiger partial charge on any atom is -0.444 e. The zero-order valence-corrected chi connectivity index (χ0v) is 12.7. The largest absolute Gasteiger partial charge is 0.444 e. The van der Waals surface area contributed by atoms with Crippen LogP contribution in [-0.4, -0.2) is 39.5 Å². The van der Waals surface area contributed by atoms with Crippen molar-refractivity contribution >= 4 is 6.09 Å². The van der Waals surface area contributed by atoms with Crippen LogP contribution in [0.25, 0.3) is 0 Å². The first kappa shape index (κ1) is 14.8. The minimum absolute atomic E-state index is 0.297. The van der Waals surface area contributed by atoms with Crippen LogP contribution in [0.1, 0.15) is 39.3 Å². The predicted octanol–water partition coefficient (Wildman–Crippen LogP) is 1.60. The summed E-state index contributed by atoms with van der Waals surface area (Å²) in [5, 5.41) is 4.17. The van der Waals surface area contributed by atoms with Crippen LogP contribution in [0.4, 0.5) is 4.79 Å². The van der Waals surface area contributed by atoms with Crippen LogP contribution >= 0.6 is 0 Å². The van der Waals surface area contributed by atoms with Gasteiger partial charge in [-0.1, -0.05) is 0 Å². The average Bonchev–Trinajstić information content (AvgIpc) is 2.74. The molecule has 0 spiro atoms. The molecule has 0 aromatic carbocycles. The first-order valence-electron chi connectivity index (χ1n) is 6.97. The van der Waals surface area contributed by atoms with Crippen molar-refractivity contribution in [3.05, 3.63) is 18.0 Å². The van der Waals surface area contributed by atoms with Crippen molar-refractivity contribution in [2.24, 2.45) is 12.8 Å². The van der Waals surface area contributed by atoms with Gasteiger partial charge in [0.25, 0.3) is 0 Å². The molecule has 1 aromatic heterocycles. The molecule has 0 saturated carbocycles. The Hall–Kier alpha value is -1.56. The van der Waals surface area contributed by atoms with E-state index in [1.54, 1.807) is 15.8 Å². The van der Waals surface area contributed by atoms with Gasteiger partial charge in [-0.25, -0.2) is 4.79 Å². The van der Waals surface area contributed by atoms with Crippen LogP contribution < -0.4 is 5.73 Å². The molecule has 1 aliphatic rings. The molecule has 6 heteroatoms. The smallest absolute Gasteiger partial charge is 0.410 e. The number of nitrogens with zero attached hydrogens (tertiary/aromatic N) is 3. The van der Waals surface area contributed by atoms with Crippen LogP contribution in [-0.2, 0) is 17.3 Å². The second-order valence-electron chi connectivity index (χ2n) is 6.50. The third-order valence-electron chi connectivity index (χ3n) is 3.51. The van der Waals surface area contributed by atoms with Crippen LogP contribution in [0, 0.1) is 0 Å². The SMILES string of the molecule is Cn1nccc1C1(N)CCCN(C(=O)OC(C)(C)C)C1. The van der Waals surface area contributed by atoms with Gasteiger partial charge in [0, 0.05) is 26.3 Å². The van der Waals surface area contributed by atoms with Gasteiger partial charge in [-0.05, 0) is 39.7 Å². The lowest BCUT2D eigenvalue weighted by Crippen LogP contribution is -2.55. The summed E-state index contributed by atoms with van der Waals surface area (Å²) in [6, 6.07) is 1.92. The van der Waals surface area contributed by atoms with Gasteiger partial charge < -0.3 is 15.4 Å². The number of carbonyl (C=O) groups excluding carboxylic acids is 1. The molecular weight excluding hydrogens is 256 g/mol. The number of aryl methyl sites for hydroxylation is 1. The van der Waals surface area contributed by atoms with Gasteiger partial charge in [-0.2, -0.15) is 5.10 Å². The summed E-state index contributed by atoms with van der Waals surface area (Å²) in [5.74, 6) is 0. The second-order valence-corrected chi connectivity index (χ2v) is 6.50. The molecule has 0 radical (unpaired) electrons. The van der Waals surface area contributed by atoms with Crippen molar-refractivity contribution in [3.8, 4) is 0 Å². The first-order chi connectivity index (χ1) is 9.21. The van der Waals surface area contributed by atoms with E-state index in [1.807, 2.05) is 33.9 Å². The van der Waals surface area contributed by atoms with Gasteiger partial charge >= 0.3 is 6.09 Å². The fourth-order valence-electron chi connectivity index (χ4n) is 2.64. The molecule has 1 fully saturated rings. The summed E-state index contributed by atoms with van der Waals surface area (Å²) in [7, 11) is 1.87. The van der Waals surface area contributed by atoms with E-state index in [0.29, 0.717) is 13.1 Å². The Kier molecular flexibility index (Phi) is 3.77. The predicted molar refractivity (Wildman–Crippen MR) is 76.1 cm³/mol.